The Balaban J connectivity index is 1.45. The van der Waals surface area contributed by atoms with Crippen LogP contribution in [0.2, 0.25) is 0 Å². The van der Waals surface area contributed by atoms with E-state index in [2.05, 4.69) is 51.9 Å². The van der Waals surface area contributed by atoms with Crippen molar-refractivity contribution >= 4 is 23.2 Å². The van der Waals surface area contributed by atoms with E-state index in [4.69, 9.17) is 0 Å². The molecule has 0 saturated heterocycles. The number of para-hydroxylation sites is 1. The van der Waals surface area contributed by atoms with E-state index in [-0.39, 0.29) is 18.4 Å². The van der Waals surface area contributed by atoms with Gasteiger partial charge in [-0.2, -0.15) is 0 Å². The summed E-state index contributed by atoms with van der Waals surface area (Å²) in [6, 6.07) is 22.2. The van der Waals surface area contributed by atoms with E-state index >= 15 is 0 Å². The fraction of sp³-hybridized carbons (Fsp3) is 0.259. The number of hydrogen-bond donors (Lipinski definition) is 2. The molecule has 34 heavy (non-hydrogen) atoms. The van der Waals surface area contributed by atoms with Crippen molar-refractivity contribution < 1.29 is 14.0 Å². The van der Waals surface area contributed by atoms with E-state index in [0.717, 1.165) is 35.5 Å². The van der Waals surface area contributed by atoms with Crippen LogP contribution in [0.3, 0.4) is 0 Å². The molecule has 3 aromatic carbocycles. The molecular formula is C27H29FN4O2. The molecule has 0 radical (unpaired) electrons. The van der Waals surface area contributed by atoms with Crippen molar-refractivity contribution in [1.82, 2.24) is 10.6 Å². The number of amides is 2. The van der Waals surface area contributed by atoms with Gasteiger partial charge in [0.25, 0.3) is 0 Å². The van der Waals surface area contributed by atoms with Gasteiger partial charge in [0, 0.05) is 45.1 Å². The predicted octanol–water partition coefficient (Wildman–Crippen LogP) is 3.43. The van der Waals surface area contributed by atoms with E-state index in [1.165, 1.54) is 17.7 Å². The molecule has 1 atom stereocenters. The lowest BCUT2D eigenvalue weighted by molar-refractivity contribution is -0.139. The van der Waals surface area contributed by atoms with Gasteiger partial charge in [-0.15, -0.1) is 0 Å². The van der Waals surface area contributed by atoms with E-state index in [9.17, 15) is 14.0 Å². The highest BCUT2D eigenvalue weighted by atomic mass is 19.1. The molecule has 2 amide bonds. The second-order valence-electron chi connectivity index (χ2n) is 8.59. The maximum atomic E-state index is 13.1. The summed E-state index contributed by atoms with van der Waals surface area (Å²) < 4.78 is 13.1. The maximum absolute atomic E-state index is 13.1. The van der Waals surface area contributed by atoms with Gasteiger partial charge in [0.05, 0.1) is 6.04 Å². The van der Waals surface area contributed by atoms with E-state index in [0.29, 0.717) is 6.54 Å². The lowest BCUT2D eigenvalue weighted by atomic mass is 10.0. The van der Waals surface area contributed by atoms with Crippen LogP contribution in [0.5, 0.6) is 0 Å². The highest BCUT2D eigenvalue weighted by molar-refractivity contribution is 6.35. The Morgan fingerprint density at radius 2 is 1.62 bits per heavy atom. The van der Waals surface area contributed by atoms with E-state index < -0.39 is 11.8 Å². The summed E-state index contributed by atoms with van der Waals surface area (Å²) in [7, 11) is 3.99. The third kappa shape index (κ3) is 5.36. The number of anilines is 2. The first-order valence-corrected chi connectivity index (χ1v) is 11.3. The number of carbonyl (C=O) groups excluding carboxylic acids is 2. The Morgan fingerprint density at radius 1 is 0.941 bits per heavy atom. The minimum atomic E-state index is -0.715. The van der Waals surface area contributed by atoms with Crippen LogP contribution in [-0.2, 0) is 22.6 Å². The molecule has 1 unspecified atom stereocenters. The third-order valence-corrected chi connectivity index (χ3v) is 6.12. The zero-order valence-corrected chi connectivity index (χ0v) is 19.4. The van der Waals surface area contributed by atoms with Crippen molar-refractivity contribution in [3.8, 4) is 0 Å². The standard InChI is InChI=1S/C27H29FN4O2/c1-31(2)23-13-9-21(10-14-23)25(32-16-15-20-5-3-4-6-24(20)32)18-30-27(34)26(33)29-17-19-7-11-22(28)12-8-19/h3-14,25H,15-18H2,1-2H3,(H,29,33)(H,30,34). The molecule has 176 valence electrons. The van der Waals surface area contributed by atoms with Crippen LogP contribution in [0.15, 0.2) is 72.8 Å². The van der Waals surface area contributed by atoms with Gasteiger partial charge in [-0.25, -0.2) is 4.39 Å². The van der Waals surface area contributed by atoms with Gasteiger partial charge >= 0.3 is 11.8 Å². The lowest BCUT2D eigenvalue weighted by Gasteiger charge is -2.31. The first kappa shape index (κ1) is 23.3. The zero-order chi connectivity index (χ0) is 24.1. The minimum Gasteiger partial charge on any atom is -0.378 e. The summed E-state index contributed by atoms with van der Waals surface area (Å²) in [4.78, 5) is 29.2. The first-order valence-electron chi connectivity index (χ1n) is 11.3. The number of benzene rings is 3. The smallest absolute Gasteiger partial charge is 0.309 e. The summed E-state index contributed by atoms with van der Waals surface area (Å²) in [5.74, 6) is -1.75. The Bertz CT molecular complexity index is 1150. The molecule has 0 spiro atoms. The molecule has 4 rings (SSSR count). The summed E-state index contributed by atoms with van der Waals surface area (Å²) >= 11 is 0. The molecule has 0 aliphatic carbocycles. The second-order valence-corrected chi connectivity index (χ2v) is 8.59. The normalized spacial score (nSPS) is 13.2. The molecule has 6 nitrogen and oxygen atoms in total. The monoisotopic (exact) mass is 460 g/mol. The first-order chi connectivity index (χ1) is 16.4. The van der Waals surface area contributed by atoms with Gasteiger partial charge in [-0.05, 0) is 53.4 Å². The van der Waals surface area contributed by atoms with Crippen LogP contribution in [0, 0.1) is 5.82 Å². The topological polar surface area (TPSA) is 64.7 Å². The average molecular weight is 461 g/mol. The van der Waals surface area contributed by atoms with Crippen molar-refractivity contribution in [2.45, 2.75) is 19.0 Å². The number of nitrogens with zero attached hydrogens (tertiary/aromatic N) is 2. The average Bonchev–Trinajstić information content (AvgIpc) is 3.28. The van der Waals surface area contributed by atoms with Crippen LogP contribution >= 0.6 is 0 Å². The summed E-state index contributed by atoms with van der Waals surface area (Å²) in [5.41, 5.74) is 5.30. The number of fused-ring (bicyclic) bond motifs is 1. The zero-order valence-electron chi connectivity index (χ0n) is 19.4. The molecule has 2 N–H and O–H groups in total. The molecule has 0 fully saturated rings. The second kappa shape index (κ2) is 10.4. The number of hydrogen-bond acceptors (Lipinski definition) is 4. The number of halogens is 1. The van der Waals surface area contributed by atoms with Gasteiger partial charge in [0.15, 0.2) is 0 Å². The highest BCUT2D eigenvalue weighted by Crippen LogP contribution is 2.35. The Kier molecular flexibility index (Phi) is 7.11. The highest BCUT2D eigenvalue weighted by Gasteiger charge is 2.28. The predicted molar refractivity (Wildman–Crippen MR) is 132 cm³/mol. The van der Waals surface area contributed by atoms with E-state index in [1.807, 2.05) is 31.1 Å². The number of rotatable bonds is 7. The Hall–Kier alpha value is -3.87. The van der Waals surface area contributed by atoms with Gasteiger partial charge in [-0.3, -0.25) is 9.59 Å². The molecule has 0 saturated carbocycles. The van der Waals surface area contributed by atoms with Crippen molar-refractivity contribution in [2.75, 3.05) is 37.0 Å². The van der Waals surface area contributed by atoms with Gasteiger partial charge in [0.1, 0.15) is 5.82 Å². The molecule has 1 heterocycles. The van der Waals surface area contributed by atoms with Crippen LogP contribution in [0.25, 0.3) is 0 Å². The van der Waals surface area contributed by atoms with Crippen molar-refractivity contribution in [2.24, 2.45) is 0 Å². The van der Waals surface area contributed by atoms with Gasteiger partial charge in [-0.1, -0.05) is 42.5 Å². The molecule has 7 heteroatoms. The SMILES string of the molecule is CN(C)c1ccc(C(CNC(=O)C(=O)NCc2ccc(F)cc2)N2CCc3ccccc32)cc1. The summed E-state index contributed by atoms with van der Waals surface area (Å²) in [5, 5.41) is 5.40. The number of nitrogens with one attached hydrogen (secondary N) is 2. The molecule has 1 aliphatic heterocycles. The third-order valence-electron chi connectivity index (χ3n) is 6.12. The van der Waals surface area contributed by atoms with Gasteiger partial charge < -0.3 is 20.4 Å². The van der Waals surface area contributed by atoms with Crippen molar-refractivity contribution in [3.63, 3.8) is 0 Å². The quantitative estimate of drug-likeness (QED) is 0.531. The molecular weight excluding hydrogens is 431 g/mol. The molecule has 0 bridgehead atoms. The van der Waals surface area contributed by atoms with Crippen LogP contribution in [0.1, 0.15) is 22.7 Å². The minimum absolute atomic E-state index is 0.117. The molecule has 3 aromatic rings. The Labute approximate surface area is 199 Å². The summed E-state index contributed by atoms with van der Waals surface area (Å²) in [6.07, 6.45) is 0.939. The Morgan fingerprint density at radius 3 is 2.32 bits per heavy atom. The lowest BCUT2D eigenvalue weighted by Crippen LogP contribution is -2.43. The molecule has 0 aromatic heterocycles. The van der Waals surface area contributed by atoms with Crippen LogP contribution in [-0.4, -0.2) is 39.0 Å². The fourth-order valence-corrected chi connectivity index (χ4v) is 4.22. The number of carbonyl (C=O) groups is 2. The van der Waals surface area contributed by atoms with Crippen molar-refractivity contribution in [1.29, 1.82) is 0 Å². The molecule has 1 aliphatic rings. The van der Waals surface area contributed by atoms with Crippen LogP contribution < -0.4 is 20.4 Å². The largest absolute Gasteiger partial charge is 0.378 e. The van der Waals surface area contributed by atoms with Gasteiger partial charge in [0.2, 0.25) is 0 Å². The fourth-order valence-electron chi connectivity index (χ4n) is 4.22. The van der Waals surface area contributed by atoms with Crippen molar-refractivity contribution in [3.05, 3.63) is 95.3 Å². The maximum Gasteiger partial charge on any atom is 0.309 e. The summed E-state index contributed by atoms with van der Waals surface area (Å²) in [6.45, 7) is 1.28. The van der Waals surface area contributed by atoms with Crippen LogP contribution in [0.4, 0.5) is 15.8 Å². The van der Waals surface area contributed by atoms with E-state index in [1.54, 1.807) is 12.1 Å².